The highest BCUT2D eigenvalue weighted by Gasteiger charge is 2.38. The first-order chi connectivity index (χ1) is 68.1. The van der Waals surface area contributed by atoms with Crippen LogP contribution in [0.15, 0.2) is 245 Å². The molecule has 25 nitrogen and oxygen atoms in total. The lowest BCUT2D eigenvalue weighted by atomic mass is 9.95. The Morgan fingerprint density at radius 2 is 0.597 bits per heavy atom. The number of hydrogen-bond acceptors (Lipinski definition) is 20. The van der Waals surface area contributed by atoms with E-state index >= 15 is 0 Å². The molecule has 0 bridgehead atoms. The van der Waals surface area contributed by atoms with Crippen LogP contribution in [0.3, 0.4) is 0 Å². The average Bonchev–Trinajstić information content (AvgIpc) is 1.57. The zero-order valence-corrected chi connectivity index (χ0v) is 89.3. The third kappa shape index (κ3) is 26.8. The average molecular weight is 2080 g/mol. The molecule has 0 spiro atoms. The van der Waals surface area contributed by atoms with Crippen LogP contribution < -0.4 is 0 Å². The molecule has 144 heavy (non-hydrogen) atoms. The second kappa shape index (κ2) is 47.6. The number of benzene rings is 10. The molecule has 0 saturated heterocycles. The molecule has 0 aliphatic heterocycles. The van der Waals surface area contributed by atoms with Gasteiger partial charge in [-0.3, -0.25) is 70.8 Å². The Morgan fingerprint density at radius 1 is 0.319 bits per heavy atom. The molecule has 10 aromatic carbocycles. The van der Waals surface area contributed by atoms with Gasteiger partial charge in [-0.05, 0) is 208 Å². The van der Waals surface area contributed by atoms with E-state index in [1.54, 1.807) is 46.3 Å². The second-order valence-corrected chi connectivity index (χ2v) is 46.8. The van der Waals surface area contributed by atoms with Gasteiger partial charge in [-0.2, -0.15) is 0 Å². The zero-order valence-electron chi connectivity index (χ0n) is 83.7. The predicted molar refractivity (Wildman–Crippen MR) is 579 cm³/mol. The van der Waals surface area contributed by atoms with E-state index in [1.807, 2.05) is 169 Å². The number of fused-ring (bicyclic) bond motifs is 5. The summed E-state index contributed by atoms with van der Waals surface area (Å²) in [5.41, 5.74) is 13.0. The van der Waals surface area contributed by atoms with Gasteiger partial charge < -0.3 is 25.5 Å². The number of rotatable bonds is 38. The number of carbonyl (C=O) groups excluding carboxylic acids is 5. The Kier molecular flexibility index (Phi) is 36.5. The molecule has 752 valence electrons. The standard InChI is InChI=1S/C24H26N2O3S.C23H25ClN2O3S.C23H26N2O3S.C21H21ClN2O3S.C21H22N2O3S/c1-15-14-25-23(30-24(2,3)21(27)12-13-22(28)29)26(15)20-11-10-17(16-8-9-16)18-6-4-5-7-19(18)20;1-14(2)15-9-10-18(17-8-6-5-7-16(15)17)26-20(24)13-25-22(26)30-23(3,4)19(27)11-12-21(28)29;1-5-16-10-11-19(18-9-7-6-8-17(16)18)25-15(2)14-24-22(25)29-23(3,4)20(26)12-13-21(27)28;1-13-8-9-16(15-7-5-4-6-14(13)15)24-18(22)12-23-20(24)28-21(2,3)17(25)10-11-19(26)27;1-14-13-22-20(27-21(2,3)18(24)11-12-19(25)26)23(14)17-10-6-8-15-7-4-5-9-16(15)17/h4-7,10-11,14,16H,8-9,12-13H2,1-3H3,(H,28,29);5-10,13-14H,11-12H2,1-4H3,(H,28,29);6-11,14H,5,12-13H2,1-4H3,(H,27,28);4-9,12H,10-11H2,1-3H3,(H,26,27);4-10,13H,11-12H2,1-3H3,(H,25,26). The van der Waals surface area contributed by atoms with Gasteiger partial charge in [0.1, 0.15) is 39.2 Å². The number of hydrogen-bond donors (Lipinski definition) is 5. The maximum absolute atomic E-state index is 12.6. The fraction of sp³-hybridized carbons (Fsp3) is 0.330. The van der Waals surface area contributed by atoms with Gasteiger partial charge in [-0.15, -0.1) is 0 Å². The summed E-state index contributed by atoms with van der Waals surface area (Å²) >= 11 is 19.7. The molecule has 5 heterocycles. The van der Waals surface area contributed by atoms with Crippen molar-refractivity contribution >= 4 is 195 Å². The first-order valence-electron chi connectivity index (χ1n) is 47.5. The van der Waals surface area contributed by atoms with Crippen molar-refractivity contribution in [2.75, 3.05) is 0 Å². The normalized spacial score (nSPS) is 12.3. The highest BCUT2D eigenvalue weighted by atomic mass is 35.5. The molecule has 16 rings (SSSR count). The number of aromatic nitrogens is 10. The van der Waals surface area contributed by atoms with Crippen molar-refractivity contribution in [3.63, 3.8) is 0 Å². The van der Waals surface area contributed by atoms with Gasteiger partial charge in [-0.1, -0.05) is 261 Å². The monoisotopic (exact) mass is 2070 g/mol. The van der Waals surface area contributed by atoms with Crippen molar-refractivity contribution < 1.29 is 73.5 Å². The van der Waals surface area contributed by atoms with E-state index in [0.29, 0.717) is 32.5 Å². The van der Waals surface area contributed by atoms with E-state index < -0.39 is 53.6 Å². The number of aliphatic carboxylic acids is 5. The Bertz CT molecular complexity index is 7190. The topological polar surface area (TPSA) is 361 Å². The van der Waals surface area contributed by atoms with Crippen LogP contribution in [0.4, 0.5) is 0 Å². The highest BCUT2D eigenvalue weighted by molar-refractivity contribution is 8.02. The van der Waals surface area contributed by atoms with E-state index in [9.17, 15) is 47.9 Å². The SMILES string of the molecule is CC(C)c1ccc(-n2c(Cl)cnc2SC(C)(C)C(=O)CCC(=O)O)c2ccccc12.CCc1ccc(-n2c(C)cnc2SC(C)(C)C(=O)CCC(=O)O)c2ccccc12.Cc1ccc(-n2c(Cl)cnc2SC(C)(C)C(=O)CCC(=O)O)c2ccccc12.Cc1cnc(SC(C)(C)C(=O)CCC(=O)O)n1-c1ccc(C2CC2)c2ccccc12.Cc1cnc(SC(C)(C)C(=O)CCC(=O)O)n1-c1cccc2ccccc12. The lowest BCUT2D eigenvalue weighted by molar-refractivity contribution is -0.139. The van der Waals surface area contributed by atoms with E-state index in [1.165, 1.54) is 105 Å². The summed E-state index contributed by atoms with van der Waals surface area (Å²) in [6.07, 6.45) is 11.2. The van der Waals surface area contributed by atoms with Crippen molar-refractivity contribution in [3.8, 4) is 28.4 Å². The summed E-state index contributed by atoms with van der Waals surface area (Å²) in [5, 5.41) is 60.1. The fourth-order valence-electron chi connectivity index (χ4n) is 16.7. The van der Waals surface area contributed by atoms with E-state index in [2.05, 4.69) is 169 Å². The Balaban J connectivity index is 0.000000161. The van der Waals surface area contributed by atoms with Gasteiger partial charge >= 0.3 is 29.8 Å². The fourth-order valence-corrected chi connectivity index (χ4v) is 22.7. The van der Waals surface area contributed by atoms with Crippen molar-refractivity contribution in [3.05, 3.63) is 269 Å². The van der Waals surface area contributed by atoms with Gasteiger partial charge in [0, 0.05) is 94.7 Å². The predicted octanol–water partition coefficient (Wildman–Crippen LogP) is 26.8. The number of imidazole rings is 5. The lowest BCUT2D eigenvalue weighted by Crippen LogP contribution is -2.28. The minimum atomic E-state index is -0.982. The lowest BCUT2D eigenvalue weighted by Gasteiger charge is -2.23. The van der Waals surface area contributed by atoms with Crippen LogP contribution >= 0.6 is 82.0 Å². The third-order valence-electron chi connectivity index (χ3n) is 25.0. The maximum atomic E-state index is 12.6. The molecule has 0 amide bonds. The van der Waals surface area contributed by atoms with Crippen molar-refractivity contribution in [2.24, 2.45) is 0 Å². The first-order valence-corrected chi connectivity index (χ1v) is 52.3. The summed E-state index contributed by atoms with van der Waals surface area (Å²) in [5.74, 6) is -4.36. The van der Waals surface area contributed by atoms with E-state index in [4.69, 9.17) is 48.7 Å². The minimum absolute atomic E-state index is 0.0166. The quantitative estimate of drug-likeness (QED) is 0.0224. The number of carbonyl (C=O) groups is 10. The van der Waals surface area contributed by atoms with Crippen LogP contribution in [0.1, 0.15) is 218 Å². The van der Waals surface area contributed by atoms with Gasteiger partial charge in [0.05, 0.1) is 96.7 Å². The molecule has 0 unspecified atom stereocenters. The van der Waals surface area contributed by atoms with Gasteiger partial charge in [-0.25, -0.2) is 24.9 Å². The number of thioether (sulfide) groups is 5. The van der Waals surface area contributed by atoms with Gasteiger partial charge in [0.15, 0.2) is 25.8 Å². The van der Waals surface area contributed by atoms with E-state index in [-0.39, 0.29) is 93.1 Å². The Morgan fingerprint density at radius 3 is 0.965 bits per heavy atom. The molecule has 15 aromatic rings. The van der Waals surface area contributed by atoms with Crippen LogP contribution in [0, 0.1) is 27.7 Å². The highest BCUT2D eigenvalue weighted by Crippen LogP contribution is 2.48. The molecule has 32 heteroatoms. The number of Topliss-reactive ketones (excluding diaryl/α,β-unsaturated/α-hetero) is 5. The summed E-state index contributed by atoms with van der Waals surface area (Å²) < 4.78 is 5.95. The van der Waals surface area contributed by atoms with Crippen LogP contribution in [0.2, 0.25) is 10.3 Å². The molecule has 5 N–H and O–H groups in total. The van der Waals surface area contributed by atoms with Gasteiger partial charge in [0.2, 0.25) is 0 Å². The van der Waals surface area contributed by atoms with Crippen molar-refractivity contribution in [2.45, 2.75) is 263 Å². The van der Waals surface area contributed by atoms with Crippen molar-refractivity contribution in [1.82, 2.24) is 47.8 Å². The van der Waals surface area contributed by atoms with Crippen LogP contribution in [0.25, 0.3) is 82.3 Å². The Hall–Kier alpha value is -12.4. The van der Waals surface area contributed by atoms with Crippen LogP contribution in [-0.4, -0.2) is 156 Å². The molecular formula is C112H120Cl2N10O15S5. The van der Waals surface area contributed by atoms with Crippen molar-refractivity contribution in [1.29, 1.82) is 0 Å². The number of carboxylic acid groups (broad SMARTS) is 5. The molecule has 1 saturated carbocycles. The molecule has 1 fully saturated rings. The Labute approximate surface area is 869 Å². The zero-order chi connectivity index (χ0) is 105. The number of halogens is 2. The number of carboxylic acids is 5. The number of ketones is 5. The summed E-state index contributed by atoms with van der Waals surface area (Å²) in [6.45, 7) is 32.6. The maximum Gasteiger partial charge on any atom is 0.303 e. The van der Waals surface area contributed by atoms with Crippen LogP contribution in [-0.2, 0) is 54.4 Å². The second-order valence-electron chi connectivity index (χ2n) is 38.1. The van der Waals surface area contributed by atoms with Gasteiger partial charge in [0.25, 0.3) is 0 Å². The summed E-state index contributed by atoms with van der Waals surface area (Å²) in [6, 6.07) is 64.1. The largest absolute Gasteiger partial charge is 0.481 e. The summed E-state index contributed by atoms with van der Waals surface area (Å²) in [7, 11) is 0. The first kappa shape index (κ1) is 110. The molecule has 0 atom stereocenters. The molecule has 1 aliphatic rings. The molecule has 5 aromatic heterocycles. The smallest absolute Gasteiger partial charge is 0.303 e. The minimum Gasteiger partial charge on any atom is -0.481 e. The molecule has 1 aliphatic carbocycles. The molecule has 0 radical (unpaired) electrons. The summed E-state index contributed by atoms with van der Waals surface area (Å²) in [4.78, 5) is 140. The van der Waals surface area contributed by atoms with E-state index in [0.717, 1.165) is 111 Å². The van der Waals surface area contributed by atoms with Crippen LogP contribution in [0.5, 0.6) is 0 Å². The third-order valence-corrected chi connectivity index (χ3v) is 31.6. The molecular weight excluding hydrogens is 1960 g/mol. The number of aryl methyl sites for hydroxylation is 5. The number of nitrogens with zero attached hydrogens (tertiary/aromatic N) is 10.